The Kier molecular flexibility index (Phi) is 5.47. The van der Waals surface area contributed by atoms with E-state index in [0.717, 1.165) is 14.9 Å². The van der Waals surface area contributed by atoms with Gasteiger partial charge in [-0.2, -0.15) is 0 Å². The van der Waals surface area contributed by atoms with E-state index in [9.17, 15) is 4.39 Å². The van der Waals surface area contributed by atoms with Crippen LogP contribution < -0.4 is 5.32 Å². The van der Waals surface area contributed by atoms with Crippen molar-refractivity contribution in [1.29, 1.82) is 0 Å². The molecule has 0 saturated heterocycles. The van der Waals surface area contributed by atoms with Gasteiger partial charge in [0.2, 0.25) is 0 Å². The topological polar surface area (TPSA) is 12.0 Å². The highest BCUT2D eigenvalue weighted by atomic mass is 79.9. The largest absolute Gasteiger partial charge is 0.308 e. The fourth-order valence-corrected chi connectivity index (χ4v) is 3.30. The molecule has 0 bridgehead atoms. The number of halogens is 2. The summed E-state index contributed by atoms with van der Waals surface area (Å²) in [5, 5.41) is 3.41. The van der Waals surface area contributed by atoms with E-state index in [1.807, 2.05) is 30.3 Å². The van der Waals surface area contributed by atoms with E-state index in [4.69, 9.17) is 0 Å². The summed E-state index contributed by atoms with van der Waals surface area (Å²) >= 11 is 4.97. The minimum absolute atomic E-state index is 0.00157. The van der Waals surface area contributed by atoms with E-state index < -0.39 is 0 Å². The second-order valence-corrected chi connectivity index (χ2v) is 7.77. The number of nitrogens with one attached hydrogen (secondary N) is 1. The third-order valence-electron chi connectivity index (χ3n) is 2.91. The van der Waals surface area contributed by atoms with Crippen molar-refractivity contribution in [3.05, 3.63) is 58.3 Å². The third-order valence-corrected chi connectivity index (χ3v) is 5.10. The Morgan fingerprint density at radius 3 is 2.48 bits per heavy atom. The van der Waals surface area contributed by atoms with Crippen LogP contribution in [0.1, 0.15) is 26.3 Å². The molecule has 0 atom stereocenters. The van der Waals surface area contributed by atoms with E-state index >= 15 is 0 Å². The van der Waals surface area contributed by atoms with E-state index in [2.05, 4.69) is 42.0 Å². The predicted octanol–water partition coefficient (Wildman–Crippen LogP) is 5.63. The van der Waals surface area contributed by atoms with Crippen LogP contribution in [0, 0.1) is 5.82 Å². The Hall–Kier alpha value is -0.840. The molecule has 0 aromatic heterocycles. The van der Waals surface area contributed by atoms with Crippen molar-refractivity contribution in [1.82, 2.24) is 5.32 Å². The van der Waals surface area contributed by atoms with E-state index in [0.29, 0.717) is 11.4 Å². The van der Waals surface area contributed by atoms with Gasteiger partial charge in [-0.1, -0.05) is 36.0 Å². The zero-order chi connectivity index (χ0) is 15.5. The second-order valence-electron chi connectivity index (χ2n) is 5.86. The first-order valence-electron chi connectivity index (χ1n) is 6.81. The maximum absolute atomic E-state index is 14.2. The van der Waals surface area contributed by atoms with Gasteiger partial charge in [0, 0.05) is 21.5 Å². The fraction of sp³-hybridized carbons (Fsp3) is 0.294. The molecule has 0 heterocycles. The van der Waals surface area contributed by atoms with Gasteiger partial charge in [-0.3, -0.25) is 0 Å². The fourth-order valence-electron chi connectivity index (χ4n) is 1.80. The first kappa shape index (κ1) is 16.5. The highest BCUT2D eigenvalue weighted by molar-refractivity contribution is 9.10. The maximum Gasteiger partial charge on any atom is 0.137 e. The van der Waals surface area contributed by atoms with Crippen LogP contribution in [0.15, 0.2) is 56.7 Å². The summed E-state index contributed by atoms with van der Waals surface area (Å²) < 4.78 is 15.2. The molecular weight excluding hydrogens is 349 g/mol. The first-order chi connectivity index (χ1) is 9.87. The predicted molar refractivity (Wildman–Crippen MR) is 91.3 cm³/mol. The molecule has 0 spiro atoms. The SMILES string of the molecule is CC(C)(C)NCc1cccc(F)c1Sc1ccccc1Br. The molecule has 0 amide bonds. The van der Waals surface area contributed by atoms with Crippen LogP contribution >= 0.6 is 27.7 Å². The van der Waals surface area contributed by atoms with Crippen LogP contribution in [-0.2, 0) is 6.54 Å². The lowest BCUT2D eigenvalue weighted by molar-refractivity contribution is 0.421. The molecule has 0 aliphatic carbocycles. The van der Waals surface area contributed by atoms with Crippen LogP contribution in [0.5, 0.6) is 0 Å². The van der Waals surface area contributed by atoms with Crippen molar-refractivity contribution in [2.45, 2.75) is 42.6 Å². The molecule has 0 aliphatic rings. The molecule has 4 heteroatoms. The zero-order valence-electron chi connectivity index (χ0n) is 12.4. The molecule has 21 heavy (non-hydrogen) atoms. The number of hydrogen-bond donors (Lipinski definition) is 1. The molecule has 0 unspecified atom stereocenters. The molecule has 0 aliphatic heterocycles. The number of rotatable bonds is 4. The summed E-state index contributed by atoms with van der Waals surface area (Å²) in [6.07, 6.45) is 0. The summed E-state index contributed by atoms with van der Waals surface area (Å²) in [7, 11) is 0. The monoisotopic (exact) mass is 367 g/mol. The lowest BCUT2D eigenvalue weighted by Crippen LogP contribution is -2.35. The number of hydrogen-bond acceptors (Lipinski definition) is 2. The van der Waals surface area contributed by atoms with Crippen molar-refractivity contribution in [3.63, 3.8) is 0 Å². The van der Waals surface area contributed by atoms with Gasteiger partial charge in [0.15, 0.2) is 0 Å². The highest BCUT2D eigenvalue weighted by Gasteiger charge is 2.14. The Bertz CT molecular complexity index is 622. The average Bonchev–Trinajstić information content (AvgIpc) is 2.41. The van der Waals surface area contributed by atoms with Crippen LogP contribution in [0.4, 0.5) is 4.39 Å². The van der Waals surface area contributed by atoms with Crippen molar-refractivity contribution >= 4 is 27.7 Å². The van der Waals surface area contributed by atoms with Gasteiger partial charge in [-0.25, -0.2) is 4.39 Å². The molecule has 1 nitrogen and oxygen atoms in total. The van der Waals surface area contributed by atoms with Crippen molar-refractivity contribution < 1.29 is 4.39 Å². The van der Waals surface area contributed by atoms with E-state index in [-0.39, 0.29) is 11.4 Å². The second kappa shape index (κ2) is 6.95. The van der Waals surface area contributed by atoms with Crippen LogP contribution in [-0.4, -0.2) is 5.54 Å². The molecule has 2 rings (SSSR count). The van der Waals surface area contributed by atoms with E-state index in [1.54, 1.807) is 6.07 Å². The van der Waals surface area contributed by atoms with Crippen molar-refractivity contribution in [2.75, 3.05) is 0 Å². The Labute approximate surface area is 138 Å². The van der Waals surface area contributed by atoms with Gasteiger partial charge >= 0.3 is 0 Å². The minimum atomic E-state index is -0.177. The quantitative estimate of drug-likeness (QED) is 0.751. The maximum atomic E-state index is 14.2. The summed E-state index contributed by atoms with van der Waals surface area (Å²) in [5.41, 5.74) is 0.979. The van der Waals surface area contributed by atoms with Gasteiger partial charge in [0.05, 0.1) is 4.90 Å². The summed E-state index contributed by atoms with van der Waals surface area (Å²) in [6, 6.07) is 13.1. The van der Waals surface area contributed by atoms with Crippen LogP contribution in [0.2, 0.25) is 0 Å². The number of benzene rings is 2. The van der Waals surface area contributed by atoms with Gasteiger partial charge in [-0.15, -0.1) is 0 Å². The van der Waals surface area contributed by atoms with Crippen molar-refractivity contribution in [2.24, 2.45) is 0 Å². The molecule has 1 N–H and O–H groups in total. The third kappa shape index (κ3) is 4.83. The lowest BCUT2D eigenvalue weighted by Gasteiger charge is -2.21. The molecule has 0 radical (unpaired) electrons. The minimum Gasteiger partial charge on any atom is -0.308 e. The molecular formula is C17H19BrFNS. The first-order valence-corrected chi connectivity index (χ1v) is 8.42. The summed E-state index contributed by atoms with van der Waals surface area (Å²) in [4.78, 5) is 1.70. The zero-order valence-corrected chi connectivity index (χ0v) is 14.8. The molecule has 0 saturated carbocycles. The highest BCUT2D eigenvalue weighted by Crippen LogP contribution is 2.36. The van der Waals surface area contributed by atoms with Crippen LogP contribution in [0.25, 0.3) is 0 Å². The lowest BCUT2D eigenvalue weighted by atomic mass is 10.1. The van der Waals surface area contributed by atoms with Gasteiger partial charge in [0.25, 0.3) is 0 Å². The van der Waals surface area contributed by atoms with Gasteiger partial charge in [0.1, 0.15) is 5.82 Å². The van der Waals surface area contributed by atoms with Crippen molar-refractivity contribution in [3.8, 4) is 0 Å². The Morgan fingerprint density at radius 1 is 1.10 bits per heavy atom. The molecule has 2 aromatic rings. The summed E-state index contributed by atoms with van der Waals surface area (Å²) in [5.74, 6) is -0.177. The standard InChI is InChI=1S/C17H19BrFNS/c1-17(2,3)20-11-12-7-6-9-14(19)16(12)21-15-10-5-4-8-13(15)18/h4-10,20H,11H2,1-3H3. The normalized spacial score (nSPS) is 11.7. The smallest absolute Gasteiger partial charge is 0.137 e. The van der Waals surface area contributed by atoms with E-state index in [1.165, 1.54) is 17.8 Å². The molecule has 2 aromatic carbocycles. The summed E-state index contributed by atoms with van der Waals surface area (Å²) in [6.45, 7) is 6.96. The molecule has 0 fully saturated rings. The van der Waals surface area contributed by atoms with Gasteiger partial charge in [-0.05, 0) is 60.5 Å². The van der Waals surface area contributed by atoms with Gasteiger partial charge < -0.3 is 5.32 Å². The Balaban J connectivity index is 2.28. The molecule has 112 valence electrons. The Morgan fingerprint density at radius 2 is 1.81 bits per heavy atom. The average molecular weight is 368 g/mol. The van der Waals surface area contributed by atoms with Crippen LogP contribution in [0.3, 0.4) is 0 Å².